The van der Waals surface area contributed by atoms with E-state index in [4.69, 9.17) is 40.5 Å². The molecule has 2 aliphatic rings. The normalized spacial score (nSPS) is 21.5. The van der Waals surface area contributed by atoms with Crippen LogP contribution in [0.2, 0.25) is 5.02 Å². The Labute approximate surface area is 293 Å². The first-order valence-electron chi connectivity index (χ1n) is 16.5. The van der Waals surface area contributed by atoms with Gasteiger partial charge < -0.3 is 34.3 Å². The van der Waals surface area contributed by atoms with Crippen molar-refractivity contribution in [1.82, 2.24) is 10.6 Å². The Morgan fingerprint density at radius 3 is 2.24 bits per heavy atom. The van der Waals surface area contributed by atoms with Gasteiger partial charge in [-0.05, 0) is 47.5 Å². The molecule has 0 aromatic heterocycles. The average molecular weight is 690 g/mol. The molecule has 0 bridgehead atoms. The summed E-state index contributed by atoms with van der Waals surface area (Å²) in [6, 6.07) is 21.9. The summed E-state index contributed by atoms with van der Waals surface area (Å²) >= 11 is 6.21. The van der Waals surface area contributed by atoms with Crippen molar-refractivity contribution < 1.29 is 33.3 Å². The van der Waals surface area contributed by atoms with Crippen molar-refractivity contribution in [3.63, 3.8) is 0 Å². The molecule has 0 heterocycles. The van der Waals surface area contributed by atoms with E-state index in [-0.39, 0.29) is 41.0 Å². The summed E-state index contributed by atoms with van der Waals surface area (Å²) in [6.07, 6.45) is 1.18. The largest absolute Gasteiger partial charge is 0.491 e. The molecule has 2 atom stereocenters. The van der Waals surface area contributed by atoms with Crippen LogP contribution in [0.1, 0.15) is 60.8 Å². The van der Waals surface area contributed by atoms with Crippen molar-refractivity contribution in [3.05, 3.63) is 94.0 Å². The summed E-state index contributed by atoms with van der Waals surface area (Å²) < 4.78 is 29.4. The Kier molecular flexibility index (Phi) is 11.8. The minimum absolute atomic E-state index is 0.110. The molecule has 3 aromatic rings. The van der Waals surface area contributed by atoms with Gasteiger partial charge in [-0.25, -0.2) is 0 Å². The van der Waals surface area contributed by atoms with E-state index in [0.717, 1.165) is 18.4 Å². The average Bonchev–Trinajstić information content (AvgIpc) is 3.44. The van der Waals surface area contributed by atoms with Gasteiger partial charge in [-0.2, -0.15) is 5.26 Å². The molecular formula is C38H44ClN3O7. The number of nitriles is 1. The van der Waals surface area contributed by atoms with E-state index in [1.165, 1.54) is 5.56 Å². The van der Waals surface area contributed by atoms with Crippen molar-refractivity contribution in [2.24, 2.45) is 10.8 Å². The van der Waals surface area contributed by atoms with Crippen molar-refractivity contribution in [1.29, 1.82) is 5.26 Å². The van der Waals surface area contributed by atoms with Crippen LogP contribution >= 0.6 is 11.6 Å². The first-order valence-corrected chi connectivity index (χ1v) is 16.9. The number of hydrogen-bond donors (Lipinski definition) is 2. The molecule has 0 spiro atoms. The van der Waals surface area contributed by atoms with Crippen LogP contribution < -0.4 is 20.1 Å². The smallest absolute Gasteiger partial charge is 0.251 e. The third-order valence-electron chi connectivity index (χ3n) is 9.41. The van der Waals surface area contributed by atoms with E-state index in [2.05, 4.69) is 50.5 Å². The molecular weight excluding hydrogens is 646 g/mol. The number of benzene rings is 3. The molecule has 1 fully saturated rings. The predicted octanol–water partition coefficient (Wildman–Crippen LogP) is 5.66. The number of amides is 2. The maximum atomic E-state index is 13.2. The minimum atomic E-state index is -0.358. The summed E-state index contributed by atoms with van der Waals surface area (Å²) in [6.45, 7) is 10.7. The lowest BCUT2D eigenvalue weighted by atomic mass is 9.49. The summed E-state index contributed by atoms with van der Waals surface area (Å²) in [4.78, 5) is 24.3. The van der Waals surface area contributed by atoms with E-state index in [0.29, 0.717) is 67.3 Å². The van der Waals surface area contributed by atoms with Gasteiger partial charge in [-0.15, -0.1) is 0 Å². The van der Waals surface area contributed by atoms with Gasteiger partial charge in [-0.3, -0.25) is 9.59 Å². The first kappa shape index (κ1) is 36.1. The molecule has 0 saturated heterocycles. The molecule has 49 heavy (non-hydrogen) atoms. The van der Waals surface area contributed by atoms with Gasteiger partial charge in [0, 0.05) is 34.9 Å². The monoisotopic (exact) mass is 689 g/mol. The Bertz CT molecular complexity index is 1620. The molecule has 0 aliphatic heterocycles. The van der Waals surface area contributed by atoms with Crippen LogP contribution in [0.3, 0.4) is 0 Å². The second kappa shape index (κ2) is 16.0. The van der Waals surface area contributed by atoms with Crippen molar-refractivity contribution in [3.8, 4) is 17.6 Å². The number of nitrogens with one attached hydrogen (secondary N) is 2. The maximum Gasteiger partial charge on any atom is 0.251 e. The third-order valence-corrected chi connectivity index (χ3v) is 9.72. The van der Waals surface area contributed by atoms with E-state index in [1.54, 1.807) is 42.5 Å². The zero-order chi connectivity index (χ0) is 35.0. The molecule has 10 nitrogen and oxygen atoms in total. The molecule has 1 saturated carbocycles. The molecule has 3 aromatic carbocycles. The van der Waals surface area contributed by atoms with E-state index < -0.39 is 0 Å². The lowest BCUT2D eigenvalue weighted by Gasteiger charge is -2.63. The van der Waals surface area contributed by atoms with Gasteiger partial charge in [-0.1, -0.05) is 63.6 Å². The first-order chi connectivity index (χ1) is 23.6. The highest BCUT2D eigenvalue weighted by atomic mass is 35.5. The molecule has 11 heteroatoms. The van der Waals surface area contributed by atoms with Crippen LogP contribution in [0.5, 0.6) is 11.5 Å². The van der Waals surface area contributed by atoms with Crippen LogP contribution in [0.25, 0.3) is 0 Å². The third kappa shape index (κ3) is 8.36. The van der Waals surface area contributed by atoms with E-state index >= 15 is 0 Å². The highest BCUT2D eigenvalue weighted by Crippen LogP contribution is 2.55. The fourth-order valence-corrected chi connectivity index (χ4v) is 7.51. The molecule has 2 aliphatic carbocycles. The lowest BCUT2D eigenvalue weighted by Crippen LogP contribution is -2.74. The molecule has 0 radical (unpaired) electrons. The van der Waals surface area contributed by atoms with Crippen molar-refractivity contribution in [2.75, 3.05) is 39.6 Å². The summed E-state index contributed by atoms with van der Waals surface area (Å²) in [7, 11) is 0. The van der Waals surface area contributed by atoms with Gasteiger partial charge in [0.2, 0.25) is 6.41 Å². The summed E-state index contributed by atoms with van der Waals surface area (Å²) in [5.74, 6) is 1.06. The number of hydrogen-bond acceptors (Lipinski definition) is 8. The summed E-state index contributed by atoms with van der Waals surface area (Å²) in [5, 5.41) is 15.6. The Balaban J connectivity index is 0.959. The van der Waals surface area contributed by atoms with Gasteiger partial charge in [0.25, 0.3) is 5.91 Å². The van der Waals surface area contributed by atoms with Crippen molar-refractivity contribution >= 4 is 23.9 Å². The summed E-state index contributed by atoms with van der Waals surface area (Å²) in [5.41, 5.74) is 2.51. The highest BCUT2D eigenvalue weighted by molar-refractivity contribution is 6.31. The molecule has 5 rings (SSSR count). The zero-order valence-corrected chi connectivity index (χ0v) is 29.1. The van der Waals surface area contributed by atoms with Crippen LogP contribution in [-0.4, -0.2) is 70.2 Å². The molecule has 2 amide bonds. The van der Waals surface area contributed by atoms with Crippen LogP contribution in [0.15, 0.2) is 66.7 Å². The van der Waals surface area contributed by atoms with Crippen LogP contribution in [-0.2, 0) is 25.4 Å². The van der Waals surface area contributed by atoms with Crippen LogP contribution in [0, 0.1) is 22.2 Å². The second-order valence-electron chi connectivity index (χ2n) is 13.5. The number of nitrogens with zero attached hydrogens (tertiary/aromatic N) is 1. The Hall–Kier alpha value is -4.14. The van der Waals surface area contributed by atoms with E-state index in [1.807, 2.05) is 18.2 Å². The Morgan fingerprint density at radius 2 is 1.57 bits per heavy atom. The SMILES string of the molecule is CC1(C)[C@H](NC(=O)c2ccc(OCCOCCOCCO[C@@H]3Cc4ccccc4[C@@H]3NC=O)cc2)C(C)(C)[C@H]1Oc1ccc(C#N)c(Cl)c1. The number of carbonyl (C=O) groups excluding carboxylic acids is 2. The lowest BCUT2D eigenvalue weighted by molar-refractivity contribution is -0.164. The molecule has 260 valence electrons. The number of halogens is 1. The fraction of sp³-hybridized carbons (Fsp3) is 0.447. The Morgan fingerprint density at radius 1 is 0.918 bits per heavy atom. The zero-order valence-electron chi connectivity index (χ0n) is 28.4. The van der Waals surface area contributed by atoms with Gasteiger partial charge in [0.15, 0.2) is 0 Å². The topological polar surface area (TPSA) is 128 Å². The van der Waals surface area contributed by atoms with Gasteiger partial charge in [0.05, 0.1) is 55.8 Å². The molecule has 2 N–H and O–H groups in total. The van der Waals surface area contributed by atoms with Gasteiger partial charge in [0.1, 0.15) is 30.3 Å². The minimum Gasteiger partial charge on any atom is -0.491 e. The second-order valence-corrected chi connectivity index (χ2v) is 13.9. The van der Waals surface area contributed by atoms with Crippen molar-refractivity contribution in [2.45, 2.75) is 58.4 Å². The highest BCUT2D eigenvalue weighted by Gasteiger charge is 2.64. The standard InChI is InChI=1S/C38H44ClN3O7/c1-37(2)35(38(3,4)36(37)49-29-14-11-27(23-40)31(39)22-29)42-34(44)25-9-12-28(13-10-25)47-19-17-45-15-16-46-18-20-48-32-21-26-7-5-6-8-30(26)33(32)41-24-43/h5-14,22,24,32-33,35-36H,15-21H2,1-4H3,(H,41,43)(H,42,44)/t32-,33+,35-,36-/m1/s1. The number of ether oxygens (including phenoxy) is 5. The quantitative estimate of drug-likeness (QED) is 0.137. The number of rotatable bonds is 17. The number of carbonyl (C=O) groups is 2. The predicted molar refractivity (Wildman–Crippen MR) is 185 cm³/mol. The molecule has 0 unspecified atom stereocenters. The van der Waals surface area contributed by atoms with Crippen LogP contribution in [0.4, 0.5) is 0 Å². The fourth-order valence-electron chi connectivity index (χ4n) is 7.30. The van der Waals surface area contributed by atoms with Gasteiger partial charge >= 0.3 is 0 Å². The van der Waals surface area contributed by atoms with E-state index in [9.17, 15) is 9.59 Å². The maximum absolute atomic E-state index is 13.2. The number of fused-ring (bicyclic) bond motifs is 1.